The lowest BCUT2D eigenvalue weighted by Gasteiger charge is -2.37. The van der Waals surface area contributed by atoms with Crippen molar-refractivity contribution in [2.45, 2.75) is 18.4 Å². The van der Waals surface area contributed by atoms with Crippen LogP contribution in [0, 0.1) is 16.0 Å². The number of benzene rings is 3. The number of rotatable bonds is 4. The molecular formula is C25H19Cl2N3O3. The predicted octanol–water partition coefficient (Wildman–Crippen LogP) is 6.98. The van der Waals surface area contributed by atoms with Gasteiger partial charge in [-0.25, -0.2) is 0 Å². The molecule has 3 aromatic rings. The summed E-state index contributed by atoms with van der Waals surface area (Å²) in [7, 11) is 0. The van der Waals surface area contributed by atoms with Gasteiger partial charge in [-0.1, -0.05) is 47.5 Å². The summed E-state index contributed by atoms with van der Waals surface area (Å²) in [4.78, 5) is 23.4. The second-order valence-electron chi connectivity index (χ2n) is 8.20. The van der Waals surface area contributed by atoms with E-state index in [2.05, 4.69) is 22.8 Å². The number of allylic oxidation sites excluding steroid dienone is 2. The molecule has 3 atom stereocenters. The summed E-state index contributed by atoms with van der Waals surface area (Å²) in [6.07, 6.45) is 5.27. The molecule has 0 saturated carbocycles. The summed E-state index contributed by atoms with van der Waals surface area (Å²) in [5, 5.41) is 18.3. The number of hydrogen-bond acceptors (Lipinski definition) is 4. The number of carbonyl (C=O) groups is 1. The highest BCUT2D eigenvalue weighted by Crippen LogP contribution is 2.50. The molecule has 2 N–H and O–H groups in total. The van der Waals surface area contributed by atoms with Crippen LogP contribution in [-0.4, -0.2) is 10.8 Å². The second kappa shape index (κ2) is 8.54. The van der Waals surface area contributed by atoms with Crippen LogP contribution in [0.15, 0.2) is 72.8 Å². The number of non-ortho nitro benzene ring substituents is 1. The number of hydrogen-bond donors (Lipinski definition) is 2. The minimum Gasteiger partial charge on any atom is -0.378 e. The lowest BCUT2D eigenvalue weighted by Crippen LogP contribution is -2.29. The first-order chi connectivity index (χ1) is 15.9. The van der Waals surface area contributed by atoms with Gasteiger partial charge in [-0.15, -0.1) is 0 Å². The monoisotopic (exact) mass is 479 g/mol. The average Bonchev–Trinajstić information content (AvgIpc) is 3.29. The summed E-state index contributed by atoms with van der Waals surface area (Å²) < 4.78 is 0. The highest BCUT2D eigenvalue weighted by atomic mass is 35.5. The van der Waals surface area contributed by atoms with Crippen LogP contribution in [0.1, 0.15) is 39.9 Å². The zero-order valence-corrected chi connectivity index (χ0v) is 18.8. The van der Waals surface area contributed by atoms with Crippen molar-refractivity contribution in [2.75, 3.05) is 10.6 Å². The molecule has 6 nitrogen and oxygen atoms in total. The molecule has 8 heteroatoms. The van der Waals surface area contributed by atoms with E-state index in [-0.39, 0.29) is 34.4 Å². The van der Waals surface area contributed by atoms with Gasteiger partial charge in [-0.05, 0) is 59.9 Å². The number of nitrogens with one attached hydrogen (secondary N) is 2. The van der Waals surface area contributed by atoms with E-state index in [0.717, 1.165) is 23.2 Å². The molecule has 2 aliphatic rings. The Morgan fingerprint density at radius 2 is 1.85 bits per heavy atom. The zero-order valence-electron chi connectivity index (χ0n) is 17.3. The van der Waals surface area contributed by atoms with Crippen molar-refractivity contribution < 1.29 is 9.72 Å². The van der Waals surface area contributed by atoms with Crippen LogP contribution in [-0.2, 0) is 0 Å². The third-order valence-electron chi connectivity index (χ3n) is 6.26. The highest BCUT2D eigenvalue weighted by Gasteiger charge is 2.38. The van der Waals surface area contributed by atoms with Gasteiger partial charge in [0.15, 0.2) is 0 Å². The number of amides is 1. The third kappa shape index (κ3) is 4.08. The minimum absolute atomic E-state index is 0.0339. The first kappa shape index (κ1) is 21.5. The smallest absolute Gasteiger partial charge is 0.269 e. The number of nitro benzene ring substituents is 1. The van der Waals surface area contributed by atoms with Crippen LogP contribution >= 0.6 is 23.2 Å². The fraction of sp³-hybridized carbons (Fsp3) is 0.160. The van der Waals surface area contributed by atoms with E-state index in [1.807, 2.05) is 30.3 Å². The lowest BCUT2D eigenvalue weighted by atomic mass is 9.77. The molecule has 1 aliphatic carbocycles. The molecule has 0 bridgehead atoms. The van der Waals surface area contributed by atoms with E-state index < -0.39 is 0 Å². The summed E-state index contributed by atoms with van der Waals surface area (Å²) >= 11 is 12.1. The maximum absolute atomic E-state index is 12.7. The molecule has 0 radical (unpaired) electrons. The molecule has 33 heavy (non-hydrogen) atoms. The van der Waals surface area contributed by atoms with Gasteiger partial charge < -0.3 is 10.6 Å². The van der Waals surface area contributed by atoms with Crippen LogP contribution in [0.2, 0.25) is 10.0 Å². The molecule has 0 fully saturated rings. The molecule has 166 valence electrons. The summed E-state index contributed by atoms with van der Waals surface area (Å²) in [5.41, 5.74) is 4.21. The van der Waals surface area contributed by atoms with E-state index in [1.54, 1.807) is 30.3 Å². The molecule has 0 spiro atoms. The molecule has 1 heterocycles. The van der Waals surface area contributed by atoms with Crippen molar-refractivity contribution in [3.8, 4) is 0 Å². The third-order valence-corrected chi connectivity index (χ3v) is 6.81. The molecule has 3 aromatic carbocycles. The van der Waals surface area contributed by atoms with Gasteiger partial charge in [-0.2, -0.15) is 0 Å². The normalized spacial score (nSPS) is 20.5. The Morgan fingerprint density at radius 1 is 1.06 bits per heavy atom. The van der Waals surface area contributed by atoms with Gasteiger partial charge in [0.2, 0.25) is 0 Å². The van der Waals surface area contributed by atoms with Gasteiger partial charge in [0.1, 0.15) is 0 Å². The van der Waals surface area contributed by atoms with Gasteiger partial charge in [0.25, 0.3) is 11.6 Å². The Hall–Kier alpha value is -3.35. The van der Waals surface area contributed by atoms with Crippen LogP contribution in [0.5, 0.6) is 0 Å². The van der Waals surface area contributed by atoms with E-state index in [4.69, 9.17) is 23.2 Å². The van der Waals surface area contributed by atoms with E-state index in [9.17, 15) is 14.9 Å². The minimum atomic E-state index is -0.389. The summed E-state index contributed by atoms with van der Waals surface area (Å²) in [6, 6.07) is 17.3. The Kier molecular flexibility index (Phi) is 5.56. The maximum atomic E-state index is 12.7. The average molecular weight is 480 g/mol. The quantitative estimate of drug-likeness (QED) is 0.240. The maximum Gasteiger partial charge on any atom is 0.269 e. The van der Waals surface area contributed by atoms with Crippen LogP contribution < -0.4 is 10.6 Å². The first-order valence-corrected chi connectivity index (χ1v) is 11.2. The summed E-state index contributed by atoms with van der Waals surface area (Å²) in [5.74, 6) is 0.149. The molecule has 0 unspecified atom stereocenters. The topological polar surface area (TPSA) is 84.3 Å². The number of nitro groups is 1. The Morgan fingerprint density at radius 3 is 2.58 bits per heavy atom. The van der Waals surface area contributed by atoms with Crippen LogP contribution in [0.3, 0.4) is 0 Å². The lowest BCUT2D eigenvalue weighted by molar-refractivity contribution is -0.384. The Balaban J connectivity index is 1.41. The van der Waals surface area contributed by atoms with Gasteiger partial charge in [-0.3, -0.25) is 14.9 Å². The molecule has 5 rings (SSSR count). The highest BCUT2D eigenvalue weighted by molar-refractivity contribution is 6.37. The van der Waals surface area contributed by atoms with Gasteiger partial charge >= 0.3 is 0 Å². The fourth-order valence-corrected chi connectivity index (χ4v) is 5.17. The number of anilines is 2. The standard InChI is InChI=1S/C25H19Cl2N3O3/c26-15-6-10-20(22(27)12-15)25(31)28-16-7-11-23-21(13-16)18-2-1-3-19(18)24(29-23)14-4-8-17(9-5-14)30(32)33/h1-2,4-13,18-19,24,29H,3H2,(H,28,31)/t18-,19+,24+/m1/s1. The van der Waals surface area contributed by atoms with E-state index in [1.165, 1.54) is 0 Å². The number of carbonyl (C=O) groups excluding carboxylic acids is 1. The number of halogens is 2. The fourth-order valence-electron chi connectivity index (χ4n) is 4.68. The molecule has 1 aliphatic heterocycles. The molecular weight excluding hydrogens is 461 g/mol. The van der Waals surface area contributed by atoms with Crippen molar-refractivity contribution >= 4 is 46.2 Å². The zero-order chi connectivity index (χ0) is 23.1. The molecule has 0 saturated heterocycles. The van der Waals surface area contributed by atoms with Crippen LogP contribution in [0.25, 0.3) is 0 Å². The second-order valence-corrected chi connectivity index (χ2v) is 9.05. The number of nitrogens with zero attached hydrogens (tertiary/aromatic N) is 1. The molecule has 0 aromatic heterocycles. The van der Waals surface area contributed by atoms with Crippen molar-refractivity contribution in [3.05, 3.63) is 110 Å². The largest absolute Gasteiger partial charge is 0.378 e. The summed E-state index contributed by atoms with van der Waals surface area (Å²) in [6.45, 7) is 0. The van der Waals surface area contributed by atoms with Crippen molar-refractivity contribution in [3.63, 3.8) is 0 Å². The van der Waals surface area contributed by atoms with Crippen molar-refractivity contribution in [2.24, 2.45) is 5.92 Å². The van der Waals surface area contributed by atoms with Crippen LogP contribution in [0.4, 0.5) is 17.1 Å². The SMILES string of the molecule is O=C(Nc1ccc2c(c1)[C@@H]1C=CC[C@@H]1[C@H](c1ccc([N+](=O)[O-])cc1)N2)c1ccc(Cl)cc1Cl. The van der Waals surface area contributed by atoms with Crippen molar-refractivity contribution in [1.82, 2.24) is 0 Å². The van der Waals surface area contributed by atoms with E-state index >= 15 is 0 Å². The van der Waals surface area contributed by atoms with Crippen molar-refractivity contribution in [1.29, 1.82) is 0 Å². The first-order valence-electron chi connectivity index (χ1n) is 10.5. The van der Waals surface area contributed by atoms with Gasteiger partial charge in [0, 0.05) is 34.4 Å². The Labute approximate surface area is 200 Å². The predicted molar refractivity (Wildman–Crippen MR) is 130 cm³/mol. The Bertz CT molecular complexity index is 1290. The molecule has 1 amide bonds. The van der Waals surface area contributed by atoms with Gasteiger partial charge in [0.05, 0.1) is 21.6 Å². The number of fused-ring (bicyclic) bond motifs is 3. The van der Waals surface area contributed by atoms with E-state index in [0.29, 0.717) is 21.3 Å².